The van der Waals surface area contributed by atoms with Crippen LogP contribution in [-0.2, 0) is 14.8 Å². The first-order chi connectivity index (χ1) is 9.65. The fourth-order valence-corrected chi connectivity index (χ4v) is 5.55. The van der Waals surface area contributed by atoms with Gasteiger partial charge in [-0.25, -0.2) is 12.7 Å². The first-order valence-corrected chi connectivity index (χ1v) is 9.59. The maximum atomic E-state index is 12.5. The van der Waals surface area contributed by atoms with Crippen LogP contribution in [0.5, 0.6) is 0 Å². The minimum Gasteiger partial charge on any atom is -0.377 e. The predicted molar refractivity (Wildman–Crippen MR) is 78.1 cm³/mol. The molecule has 3 fully saturated rings. The summed E-state index contributed by atoms with van der Waals surface area (Å²) in [5, 5.41) is 3.53. The SMILES string of the molecule is O=S(=O)(CC1CCCO1)N1CCCC(C2CCCN2)C1. The van der Waals surface area contributed by atoms with Crippen molar-refractivity contribution in [3.8, 4) is 0 Å². The molecule has 3 atom stereocenters. The summed E-state index contributed by atoms with van der Waals surface area (Å²) in [5.74, 6) is 0.670. The van der Waals surface area contributed by atoms with Crippen molar-refractivity contribution in [3.05, 3.63) is 0 Å². The average Bonchev–Trinajstić information content (AvgIpc) is 3.11. The van der Waals surface area contributed by atoms with Crippen LogP contribution in [0.3, 0.4) is 0 Å². The molecule has 0 radical (unpaired) electrons. The van der Waals surface area contributed by atoms with Crippen molar-refractivity contribution in [2.45, 2.75) is 50.7 Å². The van der Waals surface area contributed by atoms with E-state index in [4.69, 9.17) is 4.74 Å². The number of hydrogen-bond acceptors (Lipinski definition) is 4. The van der Waals surface area contributed by atoms with Gasteiger partial charge in [0.15, 0.2) is 0 Å². The van der Waals surface area contributed by atoms with E-state index in [0.29, 0.717) is 25.0 Å². The molecule has 3 heterocycles. The van der Waals surface area contributed by atoms with E-state index in [1.54, 1.807) is 4.31 Å². The second-order valence-corrected chi connectivity index (χ2v) is 8.39. The summed E-state index contributed by atoms with van der Waals surface area (Å²) in [6, 6.07) is 0.524. The molecule has 3 aliphatic heterocycles. The van der Waals surface area contributed by atoms with Gasteiger partial charge in [0.1, 0.15) is 0 Å². The van der Waals surface area contributed by atoms with Gasteiger partial charge in [0.05, 0.1) is 11.9 Å². The van der Waals surface area contributed by atoms with E-state index in [1.807, 2.05) is 0 Å². The Balaban J connectivity index is 1.59. The van der Waals surface area contributed by atoms with E-state index in [1.165, 1.54) is 12.8 Å². The van der Waals surface area contributed by atoms with Crippen LogP contribution in [0, 0.1) is 5.92 Å². The van der Waals surface area contributed by atoms with Gasteiger partial charge in [-0.3, -0.25) is 0 Å². The maximum absolute atomic E-state index is 12.5. The summed E-state index contributed by atoms with van der Waals surface area (Å²) in [4.78, 5) is 0. The number of sulfonamides is 1. The maximum Gasteiger partial charge on any atom is 0.216 e. The van der Waals surface area contributed by atoms with Crippen molar-refractivity contribution >= 4 is 10.0 Å². The Labute approximate surface area is 122 Å². The number of hydrogen-bond donors (Lipinski definition) is 1. The number of nitrogens with zero attached hydrogens (tertiary/aromatic N) is 1. The first kappa shape index (κ1) is 14.8. The Bertz CT molecular complexity index is 414. The quantitative estimate of drug-likeness (QED) is 0.840. The largest absolute Gasteiger partial charge is 0.377 e. The minimum absolute atomic E-state index is 0.0787. The highest BCUT2D eigenvalue weighted by molar-refractivity contribution is 7.89. The molecule has 0 aromatic carbocycles. The molecule has 0 spiro atoms. The molecular formula is C14H26N2O3S. The fourth-order valence-electron chi connectivity index (χ4n) is 3.79. The molecule has 116 valence electrons. The average molecular weight is 302 g/mol. The van der Waals surface area contributed by atoms with Crippen molar-refractivity contribution < 1.29 is 13.2 Å². The van der Waals surface area contributed by atoms with Gasteiger partial charge in [0, 0.05) is 25.7 Å². The van der Waals surface area contributed by atoms with E-state index in [2.05, 4.69) is 5.32 Å². The molecule has 0 aromatic heterocycles. The van der Waals surface area contributed by atoms with Crippen LogP contribution in [0.1, 0.15) is 38.5 Å². The van der Waals surface area contributed by atoms with Gasteiger partial charge in [-0.2, -0.15) is 0 Å². The van der Waals surface area contributed by atoms with Gasteiger partial charge < -0.3 is 10.1 Å². The van der Waals surface area contributed by atoms with Gasteiger partial charge in [-0.05, 0) is 51.0 Å². The van der Waals surface area contributed by atoms with E-state index in [-0.39, 0.29) is 11.9 Å². The summed E-state index contributed by atoms with van der Waals surface area (Å²) < 4.78 is 32.3. The van der Waals surface area contributed by atoms with Gasteiger partial charge in [0.2, 0.25) is 10.0 Å². The van der Waals surface area contributed by atoms with Crippen molar-refractivity contribution in [2.75, 3.05) is 32.0 Å². The van der Waals surface area contributed by atoms with Crippen LogP contribution in [0.4, 0.5) is 0 Å². The van der Waals surface area contributed by atoms with E-state index >= 15 is 0 Å². The number of nitrogens with one attached hydrogen (secondary N) is 1. The summed E-state index contributed by atoms with van der Waals surface area (Å²) in [6.07, 6.45) is 6.38. The fraction of sp³-hybridized carbons (Fsp3) is 1.00. The van der Waals surface area contributed by atoms with Crippen molar-refractivity contribution in [1.82, 2.24) is 9.62 Å². The molecule has 0 aliphatic carbocycles. The lowest BCUT2D eigenvalue weighted by Gasteiger charge is -2.35. The summed E-state index contributed by atoms with van der Waals surface area (Å²) in [7, 11) is -3.15. The van der Waals surface area contributed by atoms with Crippen LogP contribution in [-0.4, -0.2) is 56.9 Å². The highest BCUT2D eigenvalue weighted by Gasteiger charge is 2.35. The van der Waals surface area contributed by atoms with Crippen LogP contribution < -0.4 is 5.32 Å². The molecule has 3 saturated heterocycles. The molecule has 6 heteroatoms. The molecule has 0 aromatic rings. The standard InChI is InChI=1S/C14H26N2O3S/c17-20(18,11-13-5-3-9-19-13)16-8-2-4-12(10-16)14-6-1-7-15-14/h12-15H,1-11H2. The molecule has 3 unspecified atom stereocenters. The lowest BCUT2D eigenvalue weighted by atomic mass is 9.91. The van der Waals surface area contributed by atoms with Crippen LogP contribution in [0.2, 0.25) is 0 Å². The highest BCUT2D eigenvalue weighted by atomic mass is 32.2. The predicted octanol–water partition coefficient (Wildman–Crippen LogP) is 0.959. The second kappa shape index (κ2) is 6.30. The van der Waals surface area contributed by atoms with Gasteiger partial charge in [0.25, 0.3) is 0 Å². The summed E-state index contributed by atoms with van der Waals surface area (Å²) in [5.41, 5.74) is 0. The van der Waals surface area contributed by atoms with Crippen molar-refractivity contribution in [2.24, 2.45) is 5.92 Å². The summed E-state index contributed by atoms with van der Waals surface area (Å²) >= 11 is 0. The molecule has 1 N–H and O–H groups in total. The lowest BCUT2D eigenvalue weighted by Crippen LogP contribution is -2.47. The Kier molecular flexibility index (Phi) is 4.65. The van der Waals surface area contributed by atoms with E-state index < -0.39 is 10.0 Å². The van der Waals surface area contributed by atoms with Crippen LogP contribution >= 0.6 is 0 Å². The van der Waals surface area contributed by atoms with Gasteiger partial charge in [-0.1, -0.05) is 0 Å². The van der Waals surface area contributed by atoms with Gasteiger partial charge in [-0.15, -0.1) is 0 Å². The smallest absolute Gasteiger partial charge is 0.216 e. The monoisotopic (exact) mass is 302 g/mol. The highest BCUT2D eigenvalue weighted by Crippen LogP contribution is 2.27. The molecular weight excluding hydrogens is 276 g/mol. The topological polar surface area (TPSA) is 58.6 Å². The van der Waals surface area contributed by atoms with Crippen molar-refractivity contribution in [1.29, 1.82) is 0 Å². The molecule has 0 bridgehead atoms. The Morgan fingerprint density at radius 2 is 2.05 bits per heavy atom. The lowest BCUT2D eigenvalue weighted by molar-refractivity contribution is 0.125. The zero-order chi connectivity index (χ0) is 14.0. The van der Waals surface area contributed by atoms with Crippen LogP contribution in [0.15, 0.2) is 0 Å². The van der Waals surface area contributed by atoms with E-state index in [0.717, 1.165) is 38.8 Å². The Morgan fingerprint density at radius 3 is 2.75 bits per heavy atom. The third-order valence-corrected chi connectivity index (χ3v) is 6.81. The zero-order valence-corrected chi connectivity index (χ0v) is 12.9. The van der Waals surface area contributed by atoms with Crippen molar-refractivity contribution in [3.63, 3.8) is 0 Å². The minimum atomic E-state index is -3.15. The van der Waals surface area contributed by atoms with Gasteiger partial charge >= 0.3 is 0 Å². The number of piperidine rings is 1. The third kappa shape index (κ3) is 3.35. The van der Waals surface area contributed by atoms with Crippen LogP contribution in [0.25, 0.3) is 0 Å². The first-order valence-electron chi connectivity index (χ1n) is 7.98. The number of rotatable bonds is 4. The Morgan fingerprint density at radius 1 is 1.15 bits per heavy atom. The molecule has 0 amide bonds. The number of ether oxygens (including phenoxy) is 1. The summed E-state index contributed by atoms with van der Waals surface area (Å²) in [6.45, 7) is 3.20. The zero-order valence-electron chi connectivity index (χ0n) is 12.1. The third-order valence-electron chi connectivity index (χ3n) is 4.90. The molecule has 5 nitrogen and oxygen atoms in total. The second-order valence-electron chi connectivity index (χ2n) is 6.38. The molecule has 3 aliphatic rings. The molecule has 0 saturated carbocycles. The molecule has 20 heavy (non-hydrogen) atoms. The Hall–Kier alpha value is -0.170. The van der Waals surface area contributed by atoms with E-state index in [9.17, 15) is 8.42 Å². The normalized spacial score (nSPS) is 36.5. The molecule has 3 rings (SSSR count).